The minimum absolute atomic E-state index is 0.106. The molecule has 1 aromatic heterocycles. The summed E-state index contributed by atoms with van der Waals surface area (Å²) in [6, 6.07) is 4.11. The van der Waals surface area contributed by atoms with Gasteiger partial charge in [-0.3, -0.25) is 4.98 Å². The van der Waals surface area contributed by atoms with Crippen molar-refractivity contribution < 1.29 is 10.2 Å². The van der Waals surface area contributed by atoms with Crippen molar-refractivity contribution in [3.8, 4) is 0 Å². The van der Waals surface area contributed by atoms with Gasteiger partial charge in [-0.05, 0) is 91.7 Å². The Morgan fingerprint density at radius 2 is 2.00 bits per heavy atom. The Balaban J connectivity index is 1.55. The van der Waals surface area contributed by atoms with Gasteiger partial charge in [-0.25, -0.2) is 0 Å². The molecule has 0 bridgehead atoms. The molecule has 3 aliphatic rings. The summed E-state index contributed by atoms with van der Waals surface area (Å²) in [4.78, 5) is 4.23. The van der Waals surface area contributed by atoms with E-state index in [1.165, 1.54) is 24.0 Å². The van der Waals surface area contributed by atoms with Gasteiger partial charge < -0.3 is 15.5 Å². The molecule has 0 aliphatic heterocycles. The van der Waals surface area contributed by atoms with Crippen molar-refractivity contribution >= 4 is 0 Å². The Hall–Kier alpha value is -1.23. The van der Waals surface area contributed by atoms with Gasteiger partial charge in [-0.1, -0.05) is 32.1 Å². The van der Waals surface area contributed by atoms with Crippen LogP contribution in [0.15, 0.2) is 36.7 Å². The van der Waals surface area contributed by atoms with Crippen LogP contribution in [-0.4, -0.2) is 33.9 Å². The third-order valence-corrected chi connectivity index (χ3v) is 8.94. The zero-order chi connectivity index (χ0) is 20.6. The van der Waals surface area contributed by atoms with E-state index in [1.54, 1.807) is 0 Å². The molecule has 4 nitrogen and oxygen atoms in total. The molecule has 4 heteroatoms. The molecule has 7 atom stereocenters. The standard InChI is InChI=1S/C25H38N2O2/c1-17-6-7-21-20(16-27-15-18-5-4-12-26-14-18)22(9-11-24(17,21)2)25(3)10-8-19(28)13-23(25)29/h4-5,12,14,19-23,27-29H,1,6-11,13,15-16H2,2-3H3. The zero-order valence-electron chi connectivity index (χ0n) is 18.1. The molecule has 160 valence electrons. The lowest BCUT2D eigenvalue weighted by molar-refractivity contribution is -0.118. The van der Waals surface area contributed by atoms with Gasteiger partial charge in [-0.15, -0.1) is 0 Å². The van der Waals surface area contributed by atoms with Gasteiger partial charge in [0.05, 0.1) is 12.2 Å². The highest BCUT2D eigenvalue weighted by molar-refractivity contribution is 5.21. The highest BCUT2D eigenvalue weighted by atomic mass is 16.3. The molecular weight excluding hydrogens is 360 g/mol. The zero-order valence-corrected chi connectivity index (χ0v) is 18.1. The number of nitrogens with zero attached hydrogens (tertiary/aromatic N) is 1. The SMILES string of the molecule is C=C1CCC2C(CNCc3cccnc3)C(C3(C)CCC(O)CC3O)CCC12C. The fourth-order valence-electron chi connectivity index (χ4n) is 6.91. The van der Waals surface area contributed by atoms with E-state index < -0.39 is 6.10 Å². The summed E-state index contributed by atoms with van der Waals surface area (Å²) >= 11 is 0. The number of rotatable bonds is 5. The largest absolute Gasteiger partial charge is 0.393 e. The molecule has 1 aromatic rings. The topological polar surface area (TPSA) is 65.4 Å². The van der Waals surface area contributed by atoms with Gasteiger partial charge in [0, 0.05) is 18.9 Å². The van der Waals surface area contributed by atoms with Crippen molar-refractivity contribution in [2.75, 3.05) is 6.54 Å². The first-order chi connectivity index (χ1) is 13.8. The lowest BCUT2D eigenvalue weighted by Crippen LogP contribution is -2.54. The maximum Gasteiger partial charge on any atom is 0.0621 e. The first-order valence-corrected chi connectivity index (χ1v) is 11.5. The van der Waals surface area contributed by atoms with Crippen molar-refractivity contribution in [2.24, 2.45) is 28.6 Å². The fraction of sp³-hybridized carbons (Fsp3) is 0.720. The van der Waals surface area contributed by atoms with Crippen molar-refractivity contribution in [1.82, 2.24) is 10.3 Å². The molecule has 4 rings (SSSR count). The number of aromatic nitrogens is 1. The molecule has 3 fully saturated rings. The summed E-state index contributed by atoms with van der Waals surface area (Å²) in [5, 5.41) is 24.8. The van der Waals surface area contributed by atoms with E-state index in [1.807, 2.05) is 18.5 Å². The fourth-order valence-corrected chi connectivity index (χ4v) is 6.91. The van der Waals surface area contributed by atoms with Crippen LogP contribution in [0.5, 0.6) is 0 Å². The monoisotopic (exact) mass is 398 g/mol. The van der Waals surface area contributed by atoms with E-state index >= 15 is 0 Å². The highest BCUT2D eigenvalue weighted by Crippen LogP contribution is 2.62. The highest BCUT2D eigenvalue weighted by Gasteiger charge is 2.56. The molecule has 3 aliphatic carbocycles. The van der Waals surface area contributed by atoms with Gasteiger partial charge in [-0.2, -0.15) is 0 Å². The quantitative estimate of drug-likeness (QED) is 0.654. The van der Waals surface area contributed by atoms with Crippen LogP contribution in [0, 0.1) is 28.6 Å². The molecule has 7 unspecified atom stereocenters. The van der Waals surface area contributed by atoms with E-state index in [-0.39, 0.29) is 16.9 Å². The first kappa shape index (κ1) is 21.0. The van der Waals surface area contributed by atoms with Crippen LogP contribution < -0.4 is 5.32 Å². The predicted molar refractivity (Wildman–Crippen MR) is 116 cm³/mol. The van der Waals surface area contributed by atoms with E-state index in [0.29, 0.717) is 24.2 Å². The summed E-state index contributed by atoms with van der Waals surface area (Å²) in [6.45, 7) is 11.0. The average molecular weight is 399 g/mol. The Bertz CT molecular complexity index is 723. The van der Waals surface area contributed by atoms with Crippen molar-refractivity contribution in [2.45, 2.75) is 77.5 Å². The third-order valence-electron chi connectivity index (χ3n) is 8.94. The van der Waals surface area contributed by atoms with Crippen LogP contribution in [0.2, 0.25) is 0 Å². The molecule has 0 amide bonds. The smallest absolute Gasteiger partial charge is 0.0621 e. The minimum Gasteiger partial charge on any atom is -0.393 e. The number of pyridine rings is 1. The molecule has 3 saturated carbocycles. The Morgan fingerprint density at radius 3 is 2.72 bits per heavy atom. The molecule has 0 radical (unpaired) electrons. The number of fused-ring (bicyclic) bond motifs is 1. The number of aliphatic hydroxyl groups is 2. The van der Waals surface area contributed by atoms with Crippen LogP contribution in [0.4, 0.5) is 0 Å². The Morgan fingerprint density at radius 1 is 1.17 bits per heavy atom. The van der Waals surface area contributed by atoms with Crippen molar-refractivity contribution in [3.05, 3.63) is 42.2 Å². The molecule has 3 N–H and O–H groups in total. The summed E-state index contributed by atoms with van der Waals surface area (Å²) < 4.78 is 0. The van der Waals surface area contributed by atoms with Gasteiger partial charge in [0.25, 0.3) is 0 Å². The second-order valence-corrected chi connectivity index (χ2v) is 10.4. The molecule has 0 saturated heterocycles. The number of nitrogens with one attached hydrogen (secondary N) is 1. The number of allylic oxidation sites excluding steroid dienone is 1. The predicted octanol–water partition coefficient (Wildman–Crippen LogP) is 4.08. The number of aliphatic hydroxyl groups excluding tert-OH is 2. The van der Waals surface area contributed by atoms with Crippen molar-refractivity contribution in [3.63, 3.8) is 0 Å². The first-order valence-electron chi connectivity index (χ1n) is 11.5. The summed E-state index contributed by atoms with van der Waals surface area (Å²) in [5.74, 6) is 1.64. The van der Waals surface area contributed by atoms with Gasteiger partial charge in [0.15, 0.2) is 0 Å². The van der Waals surface area contributed by atoms with Crippen LogP contribution in [-0.2, 0) is 6.54 Å². The lowest BCUT2D eigenvalue weighted by atomic mass is 9.51. The van der Waals surface area contributed by atoms with Gasteiger partial charge >= 0.3 is 0 Å². The van der Waals surface area contributed by atoms with Crippen LogP contribution in [0.25, 0.3) is 0 Å². The van der Waals surface area contributed by atoms with Gasteiger partial charge in [0.2, 0.25) is 0 Å². The van der Waals surface area contributed by atoms with E-state index in [4.69, 9.17) is 0 Å². The average Bonchev–Trinajstić information content (AvgIpc) is 3.01. The third kappa shape index (κ3) is 3.80. The molecule has 0 aromatic carbocycles. The van der Waals surface area contributed by atoms with E-state index in [0.717, 1.165) is 38.8 Å². The maximum atomic E-state index is 11.0. The van der Waals surface area contributed by atoms with Crippen molar-refractivity contribution in [1.29, 1.82) is 0 Å². The molecule has 29 heavy (non-hydrogen) atoms. The lowest BCUT2D eigenvalue weighted by Gasteiger charge is -2.55. The summed E-state index contributed by atoms with van der Waals surface area (Å²) in [7, 11) is 0. The second kappa shape index (κ2) is 8.13. The summed E-state index contributed by atoms with van der Waals surface area (Å²) in [6.07, 6.45) is 9.95. The second-order valence-electron chi connectivity index (χ2n) is 10.4. The number of hydrogen-bond donors (Lipinski definition) is 3. The Kier molecular flexibility index (Phi) is 5.89. The maximum absolute atomic E-state index is 11.0. The summed E-state index contributed by atoms with van der Waals surface area (Å²) in [5.41, 5.74) is 2.78. The van der Waals surface area contributed by atoms with Crippen LogP contribution >= 0.6 is 0 Å². The normalized spacial score (nSPS) is 42.6. The van der Waals surface area contributed by atoms with E-state index in [9.17, 15) is 10.2 Å². The molecule has 0 spiro atoms. The van der Waals surface area contributed by atoms with Crippen LogP contribution in [0.3, 0.4) is 0 Å². The van der Waals surface area contributed by atoms with E-state index in [2.05, 4.69) is 36.8 Å². The molecule has 1 heterocycles. The van der Waals surface area contributed by atoms with Gasteiger partial charge in [0.1, 0.15) is 0 Å². The molecular formula is C25H38N2O2. The Labute approximate surface area is 175 Å². The minimum atomic E-state index is -0.411. The number of hydrogen-bond acceptors (Lipinski definition) is 4. The van der Waals surface area contributed by atoms with Crippen LogP contribution in [0.1, 0.15) is 64.4 Å².